The molecule has 0 aliphatic carbocycles. The summed E-state index contributed by atoms with van der Waals surface area (Å²) < 4.78 is 19.3. The summed E-state index contributed by atoms with van der Waals surface area (Å²) in [4.78, 5) is 17.4. The van der Waals surface area contributed by atoms with Gasteiger partial charge in [0.25, 0.3) is 0 Å². The number of methoxy groups -OCH3 is 1. The lowest BCUT2D eigenvalue weighted by atomic mass is 10.00. The van der Waals surface area contributed by atoms with Gasteiger partial charge in [-0.1, -0.05) is 11.6 Å². The first-order valence-corrected chi connectivity index (χ1v) is 8.06. The van der Waals surface area contributed by atoms with Gasteiger partial charge in [-0.2, -0.15) is 0 Å². The van der Waals surface area contributed by atoms with E-state index < -0.39 is 11.2 Å². The van der Waals surface area contributed by atoms with Crippen molar-refractivity contribution in [1.29, 1.82) is 0 Å². The highest BCUT2D eigenvalue weighted by molar-refractivity contribution is 6.32. The molecule has 0 radical (unpaired) electrons. The van der Waals surface area contributed by atoms with E-state index in [2.05, 4.69) is 15.2 Å². The number of fused-ring (bicyclic) bond motifs is 3. The van der Waals surface area contributed by atoms with Gasteiger partial charge in [0.05, 0.1) is 23.2 Å². The molecule has 0 saturated heterocycles. The molecular formula is C18H13ClFN3O3. The molecule has 0 aliphatic rings. The highest BCUT2D eigenvalue weighted by Gasteiger charge is 2.21. The fraction of sp³-hybridized carbons (Fsp3) is 0.111. The number of phenolic OH excluding ortho intramolecular Hbond substituents is 1. The van der Waals surface area contributed by atoms with Crippen LogP contribution in [-0.4, -0.2) is 27.4 Å². The van der Waals surface area contributed by atoms with Crippen LogP contribution >= 0.6 is 11.6 Å². The van der Waals surface area contributed by atoms with Crippen molar-refractivity contribution in [3.05, 3.63) is 51.0 Å². The van der Waals surface area contributed by atoms with E-state index in [-0.39, 0.29) is 21.9 Å². The van der Waals surface area contributed by atoms with Gasteiger partial charge < -0.3 is 14.9 Å². The highest BCUT2D eigenvalue weighted by atomic mass is 35.5. The third-order valence-corrected chi connectivity index (χ3v) is 4.63. The summed E-state index contributed by atoms with van der Waals surface area (Å²) in [7, 11) is 1.24. The first kappa shape index (κ1) is 16.4. The van der Waals surface area contributed by atoms with Gasteiger partial charge in [0.1, 0.15) is 5.75 Å². The molecule has 2 aromatic carbocycles. The molecule has 4 rings (SSSR count). The van der Waals surface area contributed by atoms with Crippen LogP contribution in [0.15, 0.2) is 29.1 Å². The van der Waals surface area contributed by atoms with Crippen molar-refractivity contribution in [2.75, 3.05) is 7.11 Å². The number of ether oxygens (including phenoxy) is 1. The van der Waals surface area contributed by atoms with E-state index in [1.54, 1.807) is 13.0 Å². The Morgan fingerprint density at radius 1 is 1.23 bits per heavy atom. The van der Waals surface area contributed by atoms with E-state index in [9.17, 15) is 14.3 Å². The number of phenols is 1. The van der Waals surface area contributed by atoms with Crippen molar-refractivity contribution in [3.63, 3.8) is 0 Å². The van der Waals surface area contributed by atoms with Gasteiger partial charge in [-0.05, 0) is 31.2 Å². The number of nitrogens with one attached hydrogen (secondary N) is 2. The Bertz CT molecular complexity index is 1250. The fourth-order valence-electron chi connectivity index (χ4n) is 3.13. The standard InChI is InChI=1S/C18H13ClFN3O3/c1-7-13-9-6-11(20)17(26-2)16(25)14(9)15(21-18(13)23-22-7)8-3-4-12(24)10(19)5-8/h3-6,24H,1-2H3,(H2,21,22,23). The number of benzene rings is 2. The number of pyridine rings is 1. The third kappa shape index (κ3) is 2.24. The van der Waals surface area contributed by atoms with Crippen LogP contribution in [0, 0.1) is 12.7 Å². The molecule has 0 spiro atoms. The number of hydrogen-bond donors (Lipinski definition) is 3. The molecule has 4 aromatic rings. The largest absolute Gasteiger partial charge is 0.506 e. The molecule has 132 valence electrons. The van der Waals surface area contributed by atoms with Crippen molar-refractivity contribution < 1.29 is 14.2 Å². The Hall–Kier alpha value is -3.06. The number of hydrogen-bond acceptors (Lipinski definition) is 4. The maximum Gasteiger partial charge on any atom is 0.233 e. The summed E-state index contributed by atoms with van der Waals surface area (Å²) in [5.74, 6) is -1.20. The van der Waals surface area contributed by atoms with Crippen molar-refractivity contribution in [1.82, 2.24) is 15.2 Å². The number of aromatic amines is 2. The number of rotatable bonds is 2. The second kappa shape index (κ2) is 5.74. The summed E-state index contributed by atoms with van der Waals surface area (Å²) in [6.07, 6.45) is 0. The van der Waals surface area contributed by atoms with Crippen molar-refractivity contribution in [2.45, 2.75) is 6.92 Å². The van der Waals surface area contributed by atoms with Crippen LogP contribution in [0.5, 0.6) is 11.5 Å². The molecule has 0 amide bonds. The molecule has 0 saturated carbocycles. The Balaban J connectivity index is 2.24. The lowest BCUT2D eigenvalue weighted by Crippen LogP contribution is -2.10. The molecule has 2 aromatic heterocycles. The average molecular weight is 374 g/mol. The molecule has 3 N–H and O–H groups in total. The SMILES string of the molecule is COc1c(F)cc2c(c(-c3ccc(O)c(Cl)c3)nc3[nH][nH]c(C)c32)c1=O. The zero-order chi connectivity index (χ0) is 18.6. The molecule has 0 aliphatic heterocycles. The molecule has 6 nitrogen and oxygen atoms in total. The molecule has 0 fully saturated rings. The van der Waals surface area contributed by atoms with Crippen LogP contribution < -0.4 is 10.2 Å². The maximum absolute atomic E-state index is 14.4. The van der Waals surface area contributed by atoms with Crippen LogP contribution in [-0.2, 0) is 0 Å². The number of aromatic hydroxyl groups is 1. The minimum Gasteiger partial charge on any atom is -0.506 e. The van der Waals surface area contributed by atoms with Gasteiger partial charge in [-0.15, -0.1) is 0 Å². The molecule has 0 unspecified atom stereocenters. The molecular weight excluding hydrogens is 361 g/mol. The van der Waals surface area contributed by atoms with Crippen LogP contribution in [0.1, 0.15) is 5.69 Å². The summed E-state index contributed by atoms with van der Waals surface area (Å²) in [6.45, 7) is 1.80. The molecule has 0 atom stereocenters. The Morgan fingerprint density at radius 3 is 2.69 bits per heavy atom. The highest BCUT2D eigenvalue weighted by Crippen LogP contribution is 2.35. The van der Waals surface area contributed by atoms with E-state index >= 15 is 0 Å². The molecule has 0 bridgehead atoms. The minimum absolute atomic E-state index is 0.0872. The second-order valence-corrected chi connectivity index (χ2v) is 6.28. The molecule has 26 heavy (non-hydrogen) atoms. The first-order valence-electron chi connectivity index (χ1n) is 7.68. The average Bonchev–Trinajstić information content (AvgIpc) is 2.98. The van der Waals surface area contributed by atoms with Crippen molar-refractivity contribution in [2.24, 2.45) is 0 Å². The fourth-order valence-corrected chi connectivity index (χ4v) is 3.31. The van der Waals surface area contributed by atoms with Crippen molar-refractivity contribution in [3.8, 4) is 22.8 Å². The summed E-state index contributed by atoms with van der Waals surface area (Å²) in [6, 6.07) is 5.76. The Morgan fingerprint density at radius 2 is 2.00 bits per heavy atom. The minimum atomic E-state index is -0.743. The van der Waals surface area contributed by atoms with Gasteiger partial charge in [0.15, 0.2) is 11.5 Å². The lowest BCUT2D eigenvalue weighted by Gasteiger charge is -2.10. The number of aromatic nitrogens is 3. The third-order valence-electron chi connectivity index (χ3n) is 4.33. The summed E-state index contributed by atoms with van der Waals surface area (Å²) in [5.41, 5.74) is 1.41. The van der Waals surface area contributed by atoms with E-state index in [1.165, 1.54) is 25.3 Å². The number of halogens is 2. The zero-order valence-corrected chi connectivity index (χ0v) is 14.5. The smallest absolute Gasteiger partial charge is 0.233 e. The number of H-pyrrole nitrogens is 2. The van der Waals surface area contributed by atoms with Crippen molar-refractivity contribution >= 4 is 33.4 Å². The van der Waals surface area contributed by atoms with Gasteiger partial charge in [-0.3, -0.25) is 9.89 Å². The lowest BCUT2D eigenvalue weighted by molar-refractivity contribution is 0.384. The first-order chi connectivity index (χ1) is 12.4. The zero-order valence-electron chi connectivity index (χ0n) is 13.8. The summed E-state index contributed by atoms with van der Waals surface area (Å²) >= 11 is 6.01. The van der Waals surface area contributed by atoms with E-state index in [4.69, 9.17) is 16.3 Å². The normalized spacial score (nSPS) is 11.4. The monoisotopic (exact) mass is 373 g/mol. The predicted molar refractivity (Wildman–Crippen MR) is 97.6 cm³/mol. The van der Waals surface area contributed by atoms with E-state index in [0.717, 1.165) is 5.69 Å². The Kier molecular flexibility index (Phi) is 3.62. The van der Waals surface area contributed by atoms with Crippen LogP contribution in [0.25, 0.3) is 33.1 Å². The quantitative estimate of drug-likeness (QED) is 0.497. The van der Waals surface area contributed by atoms with Gasteiger partial charge in [-0.25, -0.2) is 9.37 Å². The van der Waals surface area contributed by atoms with Gasteiger partial charge >= 0.3 is 0 Å². The number of aryl methyl sites for hydroxylation is 1. The summed E-state index contributed by atoms with van der Waals surface area (Å²) in [5, 5.41) is 16.9. The molecule has 2 heterocycles. The van der Waals surface area contributed by atoms with Gasteiger partial charge in [0, 0.05) is 22.0 Å². The predicted octanol–water partition coefficient (Wildman–Crippen LogP) is 3.89. The van der Waals surface area contributed by atoms with Crippen LogP contribution in [0.2, 0.25) is 5.02 Å². The molecule has 8 heteroatoms. The van der Waals surface area contributed by atoms with E-state index in [1.807, 2.05) is 0 Å². The number of nitrogens with zero attached hydrogens (tertiary/aromatic N) is 1. The topological polar surface area (TPSA) is 91.0 Å². The van der Waals surface area contributed by atoms with Gasteiger partial charge in [0.2, 0.25) is 11.2 Å². The van der Waals surface area contributed by atoms with Crippen LogP contribution in [0.4, 0.5) is 4.39 Å². The van der Waals surface area contributed by atoms with Crippen LogP contribution in [0.3, 0.4) is 0 Å². The second-order valence-electron chi connectivity index (χ2n) is 5.87. The Labute approximate surface area is 151 Å². The maximum atomic E-state index is 14.4. The van der Waals surface area contributed by atoms with E-state index in [0.29, 0.717) is 27.7 Å².